The van der Waals surface area contributed by atoms with Gasteiger partial charge in [-0.05, 0) is 50.6 Å². The molecule has 0 aromatic rings. The summed E-state index contributed by atoms with van der Waals surface area (Å²) in [5, 5.41) is 3.39. The van der Waals surface area contributed by atoms with Crippen LogP contribution in [0, 0.1) is 11.8 Å². The van der Waals surface area contributed by atoms with Gasteiger partial charge in [-0.1, -0.05) is 13.8 Å². The SMILES string of the molecule is CC(C)CCOCCOCCC1CCNCC1. The molecule has 0 atom stereocenters. The molecule has 0 aromatic heterocycles. The van der Waals surface area contributed by atoms with Crippen LogP contribution in [0.2, 0.25) is 0 Å². The van der Waals surface area contributed by atoms with Gasteiger partial charge in [0.15, 0.2) is 0 Å². The lowest BCUT2D eigenvalue weighted by molar-refractivity contribution is 0.0382. The summed E-state index contributed by atoms with van der Waals surface area (Å²) >= 11 is 0. The Morgan fingerprint density at radius 1 is 1.00 bits per heavy atom. The molecular formula is C14H29NO2. The topological polar surface area (TPSA) is 30.5 Å². The summed E-state index contributed by atoms with van der Waals surface area (Å²) in [7, 11) is 0. The predicted molar refractivity (Wildman–Crippen MR) is 71.3 cm³/mol. The van der Waals surface area contributed by atoms with E-state index in [-0.39, 0.29) is 0 Å². The third-order valence-electron chi connectivity index (χ3n) is 3.34. The third-order valence-corrected chi connectivity index (χ3v) is 3.34. The Balaban J connectivity index is 1.78. The minimum absolute atomic E-state index is 0.732. The molecule has 1 rings (SSSR count). The van der Waals surface area contributed by atoms with Gasteiger partial charge in [-0.15, -0.1) is 0 Å². The van der Waals surface area contributed by atoms with Crippen LogP contribution in [0.3, 0.4) is 0 Å². The molecule has 0 aromatic carbocycles. The number of ether oxygens (including phenoxy) is 2. The number of piperidine rings is 1. The van der Waals surface area contributed by atoms with E-state index in [9.17, 15) is 0 Å². The van der Waals surface area contributed by atoms with Crippen LogP contribution in [0.1, 0.15) is 39.5 Å². The fourth-order valence-corrected chi connectivity index (χ4v) is 2.06. The number of hydrogen-bond donors (Lipinski definition) is 1. The van der Waals surface area contributed by atoms with E-state index in [0.29, 0.717) is 0 Å². The first-order valence-corrected chi connectivity index (χ1v) is 7.15. The second-order valence-electron chi connectivity index (χ2n) is 5.39. The Labute approximate surface area is 106 Å². The highest BCUT2D eigenvalue weighted by atomic mass is 16.5. The molecule has 1 heterocycles. The Hall–Kier alpha value is -0.120. The average Bonchev–Trinajstić information content (AvgIpc) is 2.33. The van der Waals surface area contributed by atoms with Gasteiger partial charge in [-0.25, -0.2) is 0 Å². The lowest BCUT2D eigenvalue weighted by Crippen LogP contribution is -2.28. The first-order chi connectivity index (χ1) is 8.29. The zero-order valence-electron chi connectivity index (χ0n) is 11.5. The first-order valence-electron chi connectivity index (χ1n) is 7.15. The first kappa shape index (κ1) is 14.9. The van der Waals surface area contributed by atoms with Crippen LogP contribution in [-0.2, 0) is 9.47 Å². The van der Waals surface area contributed by atoms with Crippen molar-refractivity contribution in [2.24, 2.45) is 11.8 Å². The van der Waals surface area contributed by atoms with Gasteiger partial charge in [0.05, 0.1) is 13.2 Å². The highest BCUT2D eigenvalue weighted by Gasteiger charge is 2.11. The molecular weight excluding hydrogens is 214 g/mol. The summed E-state index contributed by atoms with van der Waals surface area (Å²) in [4.78, 5) is 0. The van der Waals surface area contributed by atoms with Crippen LogP contribution < -0.4 is 5.32 Å². The number of nitrogens with one attached hydrogen (secondary N) is 1. The molecule has 3 heteroatoms. The molecule has 17 heavy (non-hydrogen) atoms. The summed E-state index contributed by atoms with van der Waals surface area (Å²) in [5.74, 6) is 1.61. The van der Waals surface area contributed by atoms with Crippen molar-refractivity contribution in [1.29, 1.82) is 0 Å². The van der Waals surface area contributed by atoms with E-state index >= 15 is 0 Å². The molecule has 1 aliphatic heterocycles. The van der Waals surface area contributed by atoms with Crippen LogP contribution in [0.25, 0.3) is 0 Å². The Morgan fingerprint density at radius 3 is 2.29 bits per heavy atom. The molecule has 0 aliphatic carbocycles. The van der Waals surface area contributed by atoms with Crippen LogP contribution >= 0.6 is 0 Å². The maximum absolute atomic E-state index is 5.60. The van der Waals surface area contributed by atoms with Gasteiger partial charge < -0.3 is 14.8 Å². The standard InChI is InChI=1S/C14H29NO2/c1-13(2)5-9-16-11-12-17-10-6-14-3-7-15-8-4-14/h13-15H,3-12H2,1-2H3. The average molecular weight is 243 g/mol. The van der Waals surface area contributed by atoms with Crippen LogP contribution in [0.4, 0.5) is 0 Å². The minimum atomic E-state index is 0.732. The van der Waals surface area contributed by atoms with Gasteiger partial charge in [0.2, 0.25) is 0 Å². The van der Waals surface area contributed by atoms with E-state index in [2.05, 4.69) is 19.2 Å². The quantitative estimate of drug-likeness (QED) is 0.631. The Kier molecular flexibility index (Phi) is 8.67. The van der Waals surface area contributed by atoms with Crippen LogP contribution in [0.15, 0.2) is 0 Å². The molecule has 1 N–H and O–H groups in total. The van der Waals surface area contributed by atoms with Gasteiger partial charge in [0, 0.05) is 13.2 Å². The van der Waals surface area contributed by atoms with E-state index in [4.69, 9.17) is 9.47 Å². The van der Waals surface area contributed by atoms with E-state index in [1.54, 1.807) is 0 Å². The van der Waals surface area contributed by atoms with Gasteiger partial charge in [-0.3, -0.25) is 0 Å². The smallest absolute Gasteiger partial charge is 0.0700 e. The summed E-state index contributed by atoms with van der Waals surface area (Å²) in [6, 6.07) is 0. The Bertz CT molecular complexity index is 168. The van der Waals surface area contributed by atoms with Crippen molar-refractivity contribution < 1.29 is 9.47 Å². The summed E-state index contributed by atoms with van der Waals surface area (Å²) in [6.45, 7) is 10.1. The maximum Gasteiger partial charge on any atom is 0.0700 e. The molecule has 0 bridgehead atoms. The lowest BCUT2D eigenvalue weighted by Gasteiger charge is -2.22. The van der Waals surface area contributed by atoms with Crippen molar-refractivity contribution in [3.05, 3.63) is 0 Å². The predicted octanol–water partition coefficient (Wildman–Crippen LogP) is 2.46. The van der Waals surface area contributed by atoms with E-state index in [1.165, 1.54) is 32.4 Å². The van der Waals surface area contributed by atoms with Crippen molar-refractivity contribution in [2.45, 2.75) is 39.5 Å². The molecule has 0 unspecified atom stereocenters. The summed E-state index contributed by atoms with van der Waals surface area (Å²) in [6.07, 6.45) is 4.99. The molecule has 0 saturated carbocycles. The maximum atomic E-state index is 5.60. The van der Waals surface area contributed by atoms with Crippen LogP contribution in [0.5, 0.6) is 0 Å². The monoisotopic (exact) mass is 243 g/mol. The minimum Gasteiger partial charge on any atom is -0.379 e. The zero-order valence-corrected chi connectivity index (χ0v) is 11.5. The zero-order chi connectivity index (χ0) is 12.3. The summed E-state index contributed by atoms with van der Waals surface area (Å²) < 4.78 is 11.1. The van der Waals surface area contributed by atoms with Gasteiger partial charge >= 0.3 is 0 Å². The van der Waals surface area contributed by atoms with Crippen molar-refractivity contribution >= 4 is 0 Å². The van der Waals surface area contributed by atoms with Gasteiger partial charge in [0.1, 0.15) is 0 Å². The van der Waals surface area contributed by atoms with Gasteiger partial charge in [0.25, 0.3) is 0 Å². The highest BCUT2D eigenvalue weighted by molar-refractivity contribution is 4.67. The highest BCUT2D eigenvalue weighted by Crippen LogP contribution is 2.15. The molecule has 1 saturated heterocycles. The van der Waals surface area contributed by atoms with Crippen LogP contribution in [-0.4, -0.2) is 39.5 Å². The third kappa shape index (κ3) is 8.58. The summed E-state index contributed by atoms with van der Waals surface area (Å²) in [5.41, 5.74) is 0. The van der Waals surface area contributed by atoms with E-state index < -0.39 is 0 Å². The van der Waals surface area contributed by atoms with Gasteiger partial charge in [-0.2, -0.15) is 0 Å². The second kappa shape index (κ2) is 9.86. The molecule has 1 aliphatic rings. The fraction of sp³-hybridized carbons (Fsp3) is 1.00. The molecule has 0 spiro atoms. The lowest BCUT2D eigenvalue weighted by atomic mass is 9.95. The number of hydrogen-bond acceptors (Lipinski definition) is 3. The van der Waals surface area contributed by atoms with E-state index in [0.717, 1.165) is 44.7 Å². The van der Waals surface area contributed by atoms with Crippen molar-refractivity contribution in [3.8, 4) is 0 Å². The van der Waals surface area contributed by atoms with Crippen molar-refractivity contribution in [1.82, 2.24) is 5.32 Å². The molecule has 1 fully saturated rings. The van der Waals surface area contributed by atoms with Crippen molar-refractivity contribution in [2.75, 3.05) is 39.5 Å². The molecule has 3 nitrogen and oxygen atoms in total. The fourth-order valence-electron chi connectivity index (χ4n) is 2.06. The molecule has 102 valence electrons. The normalized spacial score (nSPS) is 17.8. The van der Waals surface area contributed by atoms with E-state index in [1.807, 2.05) is 0 Å². The molecule has 0 amide bonds. The number of rotatable bonds is 9. The second-order valence-corrected chi connectivity index (χ2v) is 5.39. The van der Waals surface area contributed by atoms with Crippen molar-refractivity contribution in [3.63, 3.8) is 0 Å². The Morgan fingerprint density at radius 2 is 1.65 bits per heavy atom. The largest absolute Gasteiger partial charge is 0.379 e. The molecule has 0 radical (unpaired) electrons.